The summed E-state index contributed by atoms with van der Waals surface area (Å²) in [5.74, 6) is -0.0918. The van der Waals surface area contributed by atoms with Crippen molar-refractivity contribution in [3.05, 3.63) is 57.6 Å². The smallest absolute Gasteiger partial charge is 0.264 e. The van der Waals surface area contributed by atoms with Crippen LogP contribution in [0, 0.1) is 0 Å². The zero-order chi connectivity index (χ0) is 13.1. The van der Waals surface area contributed by atoms with Crippen molar-refractivity contribution < 1.29 is 4.79 Å². The van der Waals surface area contributed by atoms with Crippen LogP contribution in [0.15, 0.2) is 57.1 Å². The van der Waals surface area contributed by atoms with Gasteiger partial charge in [-0.3, -0.25) is 4.79 Å². The number of carbonyl (C=O) groups is 1. The van der Waals surface area contributed by atoms with Crippen LogP contribution in [0.25, 0.3) is 6.08 Å². The fourth-order valence-electron chi connectivity index (χ4n) is 1.61. The maximum Gasteiger partial charge on any atom is 0.264 e. The Morgan fingerprint density at radius 1 is 1.16 bits per heavy atom. The molecule has 1 N–H and O–H groups in total. The Hall–Kier alpha value is -1.85. The highest BCUT2D eigenvalue weighted by Crippen LogP contribution is 2.28. The van der Waals surface area contributed by atoms with Gasteiger partial charge in [-0.1, -0.05) is 18.2 Å². The van der Waals surface area contributed by atoms with Crippen LogP contribution in [0.3, 0.4) is 0 Å². The molecule has 19 heavy (non-hydrogen) atoms. The van der Waals surface area contributed by atoms with Crippen molar-refractivity contribution in [3.8, 4) is 0 Å². The standard InChI is InChI=1S/C14H10N2OS2/c17-13-12(8-10-6-7-18-9-10)19-14(16-13)15-11-4-2-1-3-5-11/h1-9H,(H,15,16,17). The third-order valence-corrected chi connectivity index (χ3v) is 4.09. The summed E-state index contributed by atoms with van der Waals surface area (Å²) in [6.07, 6.45) is 1.88. The third-order valence-electron chi connectivity index (χ3n) is 2.48. The first-order valence-electron chi connectivity index (χ1n) is 5.68. The minimum absolute atomic E-state index is 0.0918. The molecule has 5 heteroatoms. The molecule has 94 valence electrons. The molecular formula is C14H10N2OS2. The predicted molar refractivity (Wildman–Crippen MR) is 81.6 cm³/mol. The van der Waals surface area contributed by atoms with Crippen LogP contribution in [0.5, 0.6) is 0 Å². The molecule has 0 saturated carbocycles. The van der Waals surface area contributed by atoms with Crippen molar-refractivity contribution in [2.24, 2.45) is 4.99 Å². The van der Waals surface area contributed by atoms with Gasteiger partial charge in [-0.25, -0.2) is 4.99 Å². The monoisotopic (exact) mass is 286 g/mol. The maximum atomic E-state index is 11.8. The van der Waals surface area contributed by atoms with E-state index in [1.165, 1.54) is 11.8 Å². The van der Waals surface area contributed by atoms with Crippen LogP contribution in [-0.2, 0) is 4.79 Å². The van der Waals surface area contributed by atoms with Gasteiger partial charge in [0.1, 0.15) is 0 Å². The van der Waals surface area contributed by atoms with Crippen LogP contribution >= 0.6 is 23.1 Å². The normalized spacial score (nSPS) is 19.1. The molecule has 1 aliphatic rings. The molecule has 1 saturated heterocycles. The number of benzene rings is 1. The number of aliphatic imine (C=N–C) groups is 1. The van der Waals surface area contributed by atoms with Crippen LogP contribution in [0.1, 0.15) is 5.56 Å². The maximum absolute atomic E-state index is 11.8. The first-order chi connectivity index (χ1) is 9.31. The number of amidine groups is 1. The summed E-state index contributed by atoms with van der Waals surface area (Å²) in [6.45, 7) is 0. The van der Waals surface area contributed by atoms with Gasteiger partial charge in [-0.05, 0) is 52.4 Å². The van der Waals surface area contributed by atoms with E-state index in [1.807, 2.05) is 53.2 Å². The summed E-state index contributed by atoms with van der Waals surface area (Å²) in [5.41, 5.74) is 1.88. The summed E-state index contributed by atoms with van der Waals surface area (Å²) in [5, 5.41) is 7.39. The van der Waals surface area contributed by atoms with Gasteiger partial charge in [0.05, 0.1) is 10.6 Å². The fraction of sp³-hybridized carbons (Fsp3) is 0. The van der Waals surface area contributed by atoms with E-state index in [0.29, 0.717) is 10.1 Å². The van der Waals surface area contributed by atoms with E-state index in [2.05, 4.69) is 10.3 Å². The van der Waals surface area contributed by atoms with Gasteiger partial charge in [-0.15, -0.1) is 0 Å². The average molecular weight is 286 g/mol. The number of rotatable bonds is 2. The van der Waals surface area contributed by atoms with Gasteiger partial charge < -0.3 is 5.32 Å². The lowest BCUT2D eigenvalue weighted by Gasteiger charge is -1.94. The quantitative estimate of drug-likeness (QED) is 0.856. The summed E-state index contributed by atoms with van der Waals surface area (Å²) < 4.78 is 0. The van der Waals surface area contributed by atoms with Crippen LogP contribution in [-0.4, -0.2) is 11.1 Å². The van der Waals surface area contributed by atoms with E-state index in [9.17, 15) is 4.79 Å². The Balaban J connectivity index is 1.82. The van der Waals surface area contributed by atoms with Crippen molar-refractivity contribution in [3.63, 3.8) is 0 Å². The molecule has 0 atom stereocenters. The van der Waals surface area contributed by atoms with E-state index < -0.39 is 0 Å². The van der Waals surface area contributed by atoms with Crippen molar-refractivity contribution in [2.75, 3.05) is 0 Å². The number of carbonyl (C=O) groups excluding carboxylic acids is 1. The Labute approximate surface area is 119 Å². The molecule has 0 aliphatic carbocycles. The van der Waals surface area contributed by atoms with Crippen molar-refractivity contribution in [2.45, 2.75) is 0 Å². The number of hydrogen-bond acceptors (Lipinski definition) is 4. The predicted octanol–water partition coefficient (Wildman–Crippen LogP) is 3.64. The van der Waals surface area contributed by atoms with E-state index in [1.54, 1.807) is 11.3 Å². The van der Waals surface area contributed by atoms with Crippen molar-refractivity contribution >= 4 is 45.9 Å². The molecule has 1 aromatic carbocycles. The zero-order valence-corrected chi connectivity index (χ0v) is 11.5. The number of nitrogens with zero attached hydrogens (tertiary/aromatic N) is 1. The molecule has 0 unspecified atom stereocenters. The second-order valence-corrected chi connectivity index (χ2v) is 5.68. The molecule has 1 aliphatic heterocycles. The van der Waals surface area contributed by atoms with Gasteiger partial charge >= 0.3 is 0 Å². The second kappa shape index (κ2) is 5.42. The molecule has 2 aromatic rings. The lowest BCUT2D eigenvalue weighted by atomic mass is 10.3. The first kappa shape index (κ1) is 12.2. The van der Waals surface area contributed by atoms with Crippen LogP contribution in [0.4, 0.5) is 5.69 Å². The van der Waals surface area contributed by atoms with Gasteiger partial charge in [0.15, 0.2) is 5.17 Å². The molecule has 1 amide bonds. The van der Waals surface area contributed by atoms with Gasteiger partial charge in [0, 0.05) is 0 Å². The molecule has 2 heterocycles. The Kier molecular flexibility index (Phi) is 3.48. The summed E-state index contributed by atoms with van der Waals surface area (Å²) in [7, 11) is 0. The summed E-state index contributed by atoms with van der Waals surface area (Å²) in [4.78, 5) is 16.9. The van der Waals surface area contributed by atoms with Crippen LogP contribution in [0.2, 0.25) is 0 Å². The Bertz CT molecular complexity index is 645. The number of thiophene rings is 1. The largest absolute Gasteiger partial charge is 0.300 e. The third kappa shape index (κ3) is 2.94. The van der Waals surface area contributed by atoms with E-state index in [0.717, 1.165) is 11.3 Å². The zero-order valence-electron chi connectivity index (χ0n) is 9.87. The molecule has 3 rings (SSSR count). The SMILES string of the molecule is O=C1NC(=Nc2ccccc2)SC1=Cc1ccsc1. The number of hydrogen-bond donors (Lipinski definition) is 1. The van der Waals surface area contributed by atoms with E-state index in [4.69, 9.17) is 0 Å². The van der Waals surface area contributed by atoms with Crippen LogP contribution < -0.4 is 5.32 Å². The topological polar surface area (TPSA) is 41.5 Å². The van der Waals surface area contributed by atoms with Crippen molar-refractivity contribution in [1.29, 1.82) is 0 Å². The van der Waals surface area contributed by atoms with Crippen molar-refractivity contribution in [1.82, 2.24) is 5.32 Å². The highest BCUT2D eigenvalue weighted by atomic mass is 32.2. The second-order valence-electron chi connectivity index (χ2n) is 3.87. The fourth-order valence-corrected chi connectivity index (χ4v) is 3.07. The highest BCUT2D eigenvalue weighted by Gasteiger charge is 2.23. The molecule has 1 fully saturated rings. The van der Waals surface area contributed by atoms with Gasteiger partial charge in [0.2, 0.25) is 0 Å². The molecule has 0 bridgehead atoms. The minimum atomic E-state index is -0.0918. The Morgan fingerprint density at radius 3 is 2.74 bits per heavy atom. The number of nitrogens with one attached hydrogen (secondary N) is 1. The number of para-hydroxylation sites is 1. The van der Waals surface area contributed by atoms with E-state index >= 15 is 0 Å². The molecule has 0 radical (unpaired) electrons. The minimum Gasteiger partial charge on any atom is -0.300 e. The summed E-state index contributed by atoms with van der Waals surface area (Å²) in [6, 6.07) is 11.6. The molecular weight excluding hydrogens is 276 g/mol. The number of thioether (sulfide) groups is 1. The lowest BCUT2D eigenvalue weighted by Crippen LogP contribution is -2.19. The lowest BCUT2D eigenvalue weighted by molar-refractivity contribution is -0.115. The summed E-state index contributed by atoms with van der Waals surface area (Å²) >= 11 is 2.98. The number of amides is 1. The Morgan fingerprint density at radius 2 is 2.00 bits per heavy atom. The molecule has 1 aromatic heterocycles. The first-order valence-corrected chi connectivity index (χ1v) is 7.44. The molecule has 0 spiro atoms. The van der Waals surface area contributed by atoms with E-state index in [-0.39, 0.29) is 5.91 Å². The molecule has 3 nitrogen and oxygen atoms in total. The average Bonchev–Trinajstić information content (AvgIpc) is 3.02. The van der Waals surface area contributed by atoms with Gasteiger partial charge in [0.25, 0.3) is 5.91 Å². The highest BCUT2D eigenvalue weighted by molar-refractivity contribution is 8.18. The van der Waals surface area contributed by atoms with Gasteiger partial charge in [-0.2, -0.15) is 11.3 Å².